The Hall–Kier alpha value is -1.60. The topological polar surface area (TPSA) is 77.2 Å². The fraction of sp³-hybridized carbons (Fsp3) is 0.250. The molecule has 0 saturated carbocycles. The number of rotatable bonds is 5. The van der Waals surface area contributed by atoms with Crippen LogP contribution in [0.3, 0.4) is 0 Å². The van der Waals surface area contributed by atoms with Gasteiger partial charge in [0.15, 0.2) is 5.69 Å². The minimum atomic E-state index is -1.09. The van der Waals surface area contributed by atoms with Gasteiger partial charge in [-0.2, -0.15) is 0 Å². The van der Waals surface area contributed by atoms with E-state index in [1.807, 2.05) is 0 Å². The Balaban J connectivity index is 1.98. The molecule has 6 nitrogen and oxygen atoms in total. The zero-order valence-corrected chi connectivity index (χ0v) is 12.8. The smallest absolute Gasteiger partial charge is 0.358 e. The summed E-state index contributed by atoms with van der Waals surface area (Å²) in [6.07, 6.45) is 0. The molecule has 1 N–H and O–H groups in total. The van der Waals surface area contributed by atoms with Gasteiger partial charge in [0.25, 0.3) is 0 Å². The van der Waals surface area contributed by atoms with E-state index in [2.05, 4.69) is 26.2 Å². The maximum absolute atomic E-state index is 10.8. The maximum atomic E-state index is 10.8. The van der Waals surface area contributed by atoms with E-state index in [0.717, 1.165) is 4.47 Å². The second-order valence-electron chi connectivity index (χ2n) is 3.97. The Bertz CT molecular complexity index is 645. The number of nitrogens with zero attached hydrogens (tertiary/aromatic N) is 3. The highest BCUT2D eigenvalue weighted by Crippen LogP contribution is 2.27. The zero-order chi connectivity index (χ0) is 14.7. The summed E-state index contributed by atoms with van der Waals surface area (Å²) in [7, 11) is 0. The molecule has 1 heterocycles. The van der Waals surface area contributed by atoms with Crippen molar-refractivity contribution in [3.63, 3.8) is 0 Å². The molecule has 20 heavy (non-hydrogen) atoms. The third-order valence-electron chi connectivity index (χ3n) is 2.64. The number of carboxylic acid groups (broad SMARTS) is 1. The predicted octanol–water partition coefficient (Wildman–Crippen LogP) is 2.78. The minimum absolute atomic E-state index is 0.0438. The molecule has 0 atom stereocenters. The lowest BCUT2D eigenvalue weighted by Gasteiger charge is -2.09. The van der Waals surface area contributed by atoms with E-state index in [9.17, 15) is 4.79 Å². The van der Waals surface area contributed by atoms with Crippen LogP contribution >= 0.6 is 27.5 Å². The van der Waals surface area contributed by atoms with Gasteiger partial charge in [0.2, 0.25) is 0 Å². The molecule has 2 rings (SSSR count). The second-order valence-corrected chi connectivity index (χ2v) is 5.27. The molecule has 0 radical (unpaired) electrons. The highest BCUT2D eigenvalue weighted by Gasteiger charge is 2.14. The first-order valence-electron chi connectivity index (χ1n) is 5.70. The third-order valence-corrected chi connectivity index (χ3v) is 3.49. The van der Waals surface area contributed by atoms with Crippen molar-refractivity contribution in [1.82, 2.24) is 15.0 Å². The van der Waals surface area contributed by atoms with Crippen LogP contribution in [0.5, 0.6) is 5.75 Å². The number of carboxylic acids is 1. The number of carbonyl (C=O) groups is 1. The Morgan fingerprint density at radius 1 is 1.55 bits per heavy atom. The van der Waals surface area contributed by atoms with Crippen LogP contribution in [0.25, 0.3) is 0 Å². The molecule has 0 spiro atoms. The van der Waals surface area contributed by atoms with Gasteiger partial charge in [-0.15, -0.1) is 5.10 Å². The highest BCUT2D eigenvalue weighted by atomic mass is 79.9. The van der Waals surface area contributed by atoms with Crippen molar-refractivity contribution in [3.05, 3.63) is 39.1 Å². The molecule has 0 aliphatic carbocycles. The van der Waals surface area contributed by atoms with Crippen LogP contribution in [0.2, 0.25) is 5.02 Å². The molecule has 106 valence electrons. The first kappa shape index (κ1) is 14.8. The molecule has 0 amide bonds. The molecule has 0 fully saturated rings. The summed E-state index contributed by atoms with van der Waals surface area (Å²) in [4.78, 5) is 10.8. The van der Waals surface area contributed by atoms with Crippen LogP contribution in [-0.2, 0) is 6.54 Å². The Morgan fingerprint density at radius 2 is 2.30 bits per heavy atom. The first-order chi connectivity index (χ1) is 9.49. The van der Waals surface area contributed by atoms with E-state index < -0.39 is 5.97 Å². The Morgan fingerprint density at radius 3 is 2.90 bits per heavy atom. The molecule has 2 aromatic rings. The fourth-order valence-corrected chi connectivity index (χ4v) is 2.40. The lowest BCUT2D eigenvalue weighted by Crippen LogP contribution is -2.11. The van der Waals surface area contributed by atoms with Gasteiger partial charge < -0.3 is 9.84 Å². The summed E-state index contributed by atoms with van der Waals surface area (Å²) in [5.41, 5.74) is 0.453. The fourth-order valence-electron chi connectivity index (χ4n) is 1.60. The van der Waals surface area contributed by atoms with Crippen LogP contribution in [-0.4, -0.2) is 32.7 Å². The monoisotopic (exact) mass is 359 g/mol. The normalized spacial score (nSPS) is 10.6. The second kappa shape index (κ2) is 6.23. The molecular weight excluding hydrogens is 350 g/mol. The van der Waals surface area contributed by atoms with Crippen LogP contribution in [0.4, 0.5) is 0 Å². The van der Waals surface area contributed by atoms with Crippen LogP contribution in [0, 0.1) is 6.92 Å². The summed E-state index contributed by atoms with van der Waals surface area (Å²) in [5, 5.41) is 16.9. The van der Waals surface area contributed by atoms with Gasteiger partial charge in [-0.25, -0.2) is 9.48 Å². The number of hydrogen-bond acceptors (Lipinski definition) is 4. The molecule has 0 bridgehead atoms. The lowest BCUT2D eigenvalue weighted by molar-refractivity contribution is 0.0689. The van der Waals surface area contributed by atoms with E-state index in [1.54, 1.807) is 25.1 Å². The first-order valence-corrected chi connectivity index (χ1v) is 6.87. The van der Waals surface area contributed by atoms with Gasteiger partial charge in [-0.1, -0.05) is 16.8 Å². The van der Waals surface area contributed by atoms with Crippen molar-refractivity contribution in [1.29, 1.82) is 0 Å². The highest BCUT2D eigenvalue weighted by molar-refractivity contribution is 9.10. The van der Waals surface area contributed by atoms with Gasteiger partial charge in [0.05, 0.1) is 16.7 Å². The molecule has 0 aliphatic heterocycles. The number of halogens is 2. The summed E-state index contributed by atoms with van der Waals surface area (Å²) in [5.74, 6) is -0.430. The third kappa shape index (κ3) is 3.29. The molecule has 1 aromatic carbocycles. The Kier molecular flexibility index (Phi) is 4.61. The van der Waals surface area contributed by atoms with Crippen molar-refractivity contribution in [2.24, 2.45) is 0 Å². The lowest BCUT2D eigenvalue weighted by atomic mass is 10.3. The van der Waals surface area contributed by atoms with Crippen LogP contribution in [0.15, 0.2) is 22.7 Å². The van der Waals surface area contributed by atoms with Gasteiger partial charge in [0.1, 0.15) is 12.4 Å². The SMILES string of the molecule is Cc1c(C(=O)O)nnn1CCOc1ccc(Cl)cc1Br. The van der Waals surface area contributed by atoms with E-state index in [-0.39, 0.29) is 5.69 Å². The van der Waals surface area contributed by atoms with Crippen molar-refractivity contribution in [3.8, 4) is 5.75 Å². The summed E-state index contributed by atoms with van der Waals surface area (Å²) >= 11 is 9.19. The van der Waals surface area contributed by atoms with Crippen molar-refractivity contribution >= 4 is 33.5 Å². The largest absolute Gasteiger partial charge is 0.490 e. The van der Waals surface area contributed by atoms with E-state index in [1.165, 1.54) is 4.68 Å². The van der Waals surface area contributed by atoms with E-state index in [0.29, 0.717) is 29.6 Å². The van der Waals surface area contributed by atoms with Crippen molar-refractivity contribution in [2.45, 2.75) is 13.5 Å². The molecule has 0 unspecified atom stereocenters. The zero-order valence-electron chi connectivity index (χ0n) is 10.5. The molecule has 1 aromatic heterocycles. The van der Waals surface area contributed by atoms with Crippen LogP contribution < -0.4 is 4.74 Å². The molecule has 0 aliphatic rings. The average Bonchev–Trinajstić information content (AvgIpc) is 2.74. The molecular formula is C12H11BrClN3O3. The van der Waals surface area contributed by atoms with Gasteiger partial charge in [-0.05, 0) is 41.1 Å². The average molecular weight is 361 g/mol. The van der Waals surface area contributed by atoms with Gasteiger partial charge in [-0.3, -0.25) is 0 Å². The van der Waals surface area contributed by atoms with Gasteiger partial charge in [0, 0.05) is 5.02 Å². The number of hydrogen-bond donors (Lipinski definition) is 1. The van der Waals surface area contributed by atoms with Crippen LogP contribution in [0.1, 0.15) is 16.2 Å². The standard InChI is InChI=1S/C12H11BrClN3O3/c1-7-11(12(18)19)15-16-17(7)4-5-20-10-3-2-8(14)6-9(10)13/h2-3,6H,4-5H2,1H3,(H,18,19). The van der Waals surface area contributed by atoms with Gasteiger partial charge >= 0.3 is 5.97 Å². The summed E-state index contributed by atoms with van der Waals surface area (Å²) < 4.78 is 7.83. The number of ether oxygens (including phenoxy) is 1. The molecule has 8 heteroatoms. The van der Waals surface area contributed by atoms with Crippen molar-refractivity contribution in [2.75, 3.05) is 6.61 Å². The number of aromatic carboxylic acids is 1. The Labute approximate surface area is 128 Å². The molecule has 0 saturated heterocycles. The number of benzene rings is 1. The maximum Gasteiger partial charge on any atom is 0.358 e. The van der Waals surface area contributed by atoms with E-state index >= 15 is 0 Å². The van der Waals surface area contributed by atoms with E-state index in [4.69, 9.17) is 21.4 Å². The number of aromatic nitrogens is 3. The quantitative estimate of drug-likeness (QED) is 0.887. The predicted molar refractivity (Wildman–Crippen MR) is 76.4 cm³/mol. The minimum Gasteiger partial charge on any atom is -0.490 e. The summed E-state index contributed by atoms with van der Waals surface area (Å²) in [6.45, 7) is 2.40. The summed E-state index contributed by atoms with van der Waals surface area (Å²) in [6, 6.07) is 5.22. The van der Waals surface area contributed by atoms with Crippen molar-refractivity contribution < 1.29 is 14.6 Å².